The maximum Gasteiger partial charge on any atom is 0.472 e. The molecular weight excluding hydrogens is 635 g/mol. The number of ether oxygens (including phenoxy) is 2. The number of unbranched alkanes of at least 4 members (excludes halogenated alkanes) is 9. The Hall–Kier alpha value is -1.93. The first-order valence-electron chi connectivity index (χ1n) is 16.7. The fourth-order valence-corrected chi connectivity index (χ4v) is 5.76. The van der Waals surface area contributed by atoms with Crippen LogP contribution in [0, 0.1) is 0 Å². The molecule has 0 aliphatic heterocycles. The first-order chi connectivity index (χ1) is 22.4. The second-order valence-electron chi connectivity index (χ2n) is 11.7. The van der Waals surface area contributed by atoms with Gasteiger partial charge in [-0.2, -0.15) is 0 Å². The third kappa shape index (κ3) is 19.6. The van der Waals surface area contributed by atoms with Crippen LogP contribution in [0.4, 0.5) is 0 Å². The van der Waals surface area contributed by atoms with Crippen molar-refractivity contribution in [2.75, 3.05) is 13.2 Å². The summed E-state index contributed by atoms with van der Waals surface area (Å²) in [5.41, 5.74) is 0. The number of carbonyl (C=O) groups excluding carboxylic acids is 2. The highest BCUT2D eigenvalue weighted by Crippen LogP contribution is 2.47. The number of phosphoric acid groups is 1. The Morgan fingerprint density at radius 2 is 1.19 bits per heavy atom. The third-order valence-corrected chi connectivity index (χ3v) is 8.53. The molecule has 0 spiro atoms. The Kier molecular flexibility index (Phi) is 23.0. The van der Waals surface area contributed by atoms with Gasteiger partial charge in [-0.05, 0) is 44.9 Å². The molecule has 47 heavy (non-hydrogen) atoms. The van der Waals surface area contributed by atoms with Crippen molar-refractivity contribution in [1.29, 1.82) is 0 Å². The Labute approximate surface area is 278 Å². The molecule has 0 amide bonds. The van der Waals surface area contributed by atoms with E-state index in [1.807, 2.05) is 0 Å². The minimum absolute atomic E-state index is 0.0767. The maximum absolute atomic E-state index is 12.5. The van der Waals surface area contributed by atoms with Gasteiger partial charge in [0.05, 0.1) is 6.61 Å². The highest BCUT2D eigenvalue weighted by Gasteiger charge is 2.51. The van der Waals surface area contributed by atoms with Crippen LogP contribution < -0.4 is 0 Å². The lowest BCUT2D eigenvalue weighted by Crippen LogP contribution is -2.64. The summed E-state index contributed by atoms with van der Waals surface area (Å²) >= 11 is 0. The van der Waals surface area contributed by atoms with Crippen molar-refractivity contribution in [2.24, 2.45) is 0 Å². The number of carbonyl (C=O) groups is 2. The summed E-state index contributed by atoms with van der Waals surface area (Å²) in [6, 6.07) is 0. The Balaban J connectivity index is 2.28. The second-order valence-corrected chi connectivity index (χ2v) is 13.1. The molecule has 0 heterocycles. The number of esters is 2. The molecule has 13 nitrogen and oxygen atoms in total. The Morgan fingerprint density at radius 3 is 1.74 bits per heavy atom. The topological polar surface area (TPSA) is 210 Å². The lowest BCUT2D eigenvalue weighted by molar-refractivity contribution is -0.220. The summed E-state index contributed by atoms with van der Waals surface area (Å²) in [5.74, 6) is -1.31. The maximum atomic E-state index is 12.5. The van der Waals surface area contributed by atoms with Crippen molar-refractivity contribution in [3.8, 4) is 0 Å². The van der Waals surface area contributed by atoms with E-state index in [9.17, 15) is 44.6 Å². The summed E-state index contributed by atoms with van der Waals surface area (Å²) < 4.78 is 32.1. The van der Waals surface area contributed by atoms with Gasteiger partial charge in [-0.25, -0.2) is 4.57 Å². The van der Waals surface area contributed by atoms with Gasteiger partial charge in [0, 0.05) is 13.3 Å². The molecule has 1 fully saturated rings. The number of allylic oxidation sites excluding steroid dienone is 6. The molecule has 0 aromatic rings. The van der Waals surface area contributed by atoms with Crippen LogP contribution >= 0.6 is 7.82 Å². The summed E-state index contributed by atoms with van der Waals surface area (Å²) in [6.07, 6.45) is 13.6. The average molecular weight is 693 g/mol. The average Bonchev–Trinajstić information content (AvgIpc) is 3.03. The molecule has 0 radical (unpaired) electrons. The van der Waals surface area contributed by atoms with Gasteiger partial charge >= 0.3 is 19.8 Å². The van der Waals surface area contributed by atoms with Gasteiger partial charge < -0.3 is 39.9 Å². The molecule has 1 aliphatic rings. The molecule has 0 saturated heterocycles. The molecule has 14 heteroatoms. The van der Waals surface area contributed by atoms with E-state index in [4.69, 9.17) is 18.5 Å². The standard InChI is InChI=1S/C33H57O13P/c1-3-4-5-6-7-8-9-10-11-12-13-14-15-16-17-18-19-20-21-22-27(35)45-26(23-43-25(2)34)24-44-47(41,42)46-33-31(39)29(37)28(36)30(38)32(33)40/h7-8,10-11,13-14,26,28-33,36-40H,3-6,9,12,15-24H2,1-2H3,(H,41,42)/b8-7-,11-10-,14-13-. The van der Waals surface area contributed by atoms with Crippen LogP contribution in [0.3, 0.4) is 0 Å². The number of phosphoric ester groups is 1. The molecule has 1 aliphatic carbocycles. The van der Waals surface area contributed by atoms with Gasteiger partial charge in [0.2, 0.25) is 0 Å². The number of aliphatic hydroxyl groups excluding tert-OH is 5. The first-order valence-corrected chi connectivity index (χ1v) is 18.2. The van der Waals surface area contributed by atoms with Crippen LogP contribution in [-0.4, -0.2) is 98.3 Å². The van der Waals surface area contributed by atoms with Crippen LogP contribution in [-0.2, 0) is 32.7 Å². The van der Waals surface area contributed by atoms with Gasteiger partial charge in [0.25, 0.3) is 0 Å². The molecular formula is C33H57O13P. The number of hydrogen-bond acceptors (Lipinski definition) is 12. The van der Waals surface area contributed by atoms with Crippen molar-refractivity contribution in [1.82, 2.24) is 0 Å². The summed E-state index contributed by atoms with van der Waals surface area (Å²) in [6.45, 7) is 2.12. The number of rotatable bonds is 25. The molecule has 1 rings (SSSR count). The normalized spacial score (nSPS) is 25.4. The van der Waals surface area contributed by atoms with Gasteiger partial charge in [-0.15, -0.1) is 0 Å². The van der Waals surface area contributed by atoms with Gasteiger partial charge in [0.1, 0.15) is 43.2 Å². The molecule has 6 unspecified atom stereocenters. The quantitative estimate of drug-likeness (QED) is 0.0347. The van der Waals surface area contributed by atoms with Gasteiger partial charge in [0.15, 0.2) is 6.10 Å². The lowest BCUT2D eigenvalue weighted by Gasteiger charge is -2.41. The van der Waals surface area contributed by atoms with E-state index < -0.39 is 75.7 Å². The summed E-state index contributed by atoms with van der Waals surface area (Å²) in [5, 5.41) is 49.3. The molecule has 272 valence electrons. The van der Waals surface area contributed by atoms with Crippen molar-refractivity contribution in [3.05, 3.63) is 36.5 Å². The van der Waals surface area contributed by atoms with Crippen LogP contribution in [0.15, 0.2) is 36.5 Å². The summed E-state index contributed by atoms with van der Waals surface area (Å²) in [4.78, 5) is 33.7. The van der Waals surface area contributed by atoms with E-state index in [1.54, 1.807) is 0 Å². The van der Waals surface area contributed by atoms with E-state index in [0.29, 0.717) is 6.42 Å². The van der Waals surface area contributed by atoms with E-state index in [2.05, 4.69) is 43.4 Å². The van der Waals surface area contributed by atoms with E-state index >= 15 is 0 Å². The zero-order valence-electron chi connectivity index (χ0n) is 27.8. The van der Waals surface area contributed by atoms with Crippen molar-refractivity contribution < 1.29 is 63.1 Å². The SMILES string of the molecule is CCCCC/C=C\C/C=C\C/C=C\CCCCCCCCC(=O)OC(COC(C)=O)COP(=O)(O)OC1C(O)C(O)C(O)C(O)C1O. The fourth-order valence-electron chi connectivity index (χ4n) is 4.78. The van der Waals surface area contributed by atoms with Crippen molar-refractivity contribution in [2.45, 2.75) is 146 Å². The third-order valence-electron chi connectivity index (χ3n) is 7.54. The molecule has 0 aromatic carbocycles. The van der Waals surface area contributed by atoms with Crippen LogP contribution in [0.25, 0.3) is 0 Å². The van der Waals surface area contributed by atoms with Crippen LogP contribution in [0.1, 0.15) is 104 Å². The van der Waals surface area contributed by atoms with Gasteiger partial charge in [-0.3, -0.25) is 18.6 Å². The minimum Gasteiger partial charge on any atom is -0.462 e. The Bertz CT molecular complexity index is 985. The number of hydrogen-bond donors (Lipinski definition) is 6. The monoisotopic (exact) mass is 692 g/mol. The lowest BCUT2D eigenvalue weighted by atomic mass is 9.85. The predicted octanol–water partition coefficient (Wildman–Crippen LogP) is 3.93. The van der Waals surface area contributed by atoms with Gasteiger partial charge in [-0.1, -0.05) is 81.9 Å². The van der Waals surface area contributed by atoms with Crippen molar-refractivity contribution in [3.63, 3.8) is 0 Å². The zero-order chi connectivity index (χ0) is 35.1. The Morgan fingerprint density at radius 1 is 0.702 bits per heavy atom. The highest BCUT2D eigenvalue weighted by molar-refractivity contribution is 7.47. The largest absolute Gasteiger partial charge is 0.472 e. The molecule has 0 bridgehead atoms. The predicted molar refractivity (Wildman–Crippen MR) is 175 cm³/mol. The minimum atomic E-state index is -5.08. The number of aliphatic hydroxyl groups is 5. The molecule has 0 aromatic heterocycles. The molecule has 6 N–H and O–H groups in total. The van der Waals surface area contributed by atoms with E-state index in [-0.39, 0.29) is 6.42 Å². The highest BCUT2D eigenvalue weighted by atomic mass is 31.2. The fraction of sp³-hybridized carbons (Fsp3) is 0.758. The second kappa shape index (κ2) is 25.1. The molecule has 6 atom stereocenters. The smallest absolute Gasteiger partial charge is 0.462 e. The van der Waals surface area contributed by atoms with Crippen molar-refractivity contribution >= 4 is 19.8 Å². The van der Waals surface area contributed by atoms with E-state index in [1.165, 1.54) is 19.3 Å². The first kappa shape index (κ1) is 43.1. The zero-order valence-corrected chi connectivity index (χ0v) is 28.7. The summed E-state index contributed by atoms with van der Waals surface area (Å²) in [7, 11) is -5.08. The van der Waals surface area contributed by atoms with Crippen LogP contribution in [0.5, 0.6) is 0 Å². The van der Waals surface area contributed by atoms with E-state index in [0.717, 1.165) is 64.7 Å². The molecule has 1 saturated carbocycles. The van der Waals surface area contributed by atoms with Crippen LogP contribution in [0.2, 0.25) is 0 Å².